The van der Waals surface area contributed by atoms with Crippen LogP contribution in [-0.4, -0.2) is 43.3 Å². The molecule has 1 aromatic carbocycles. The Bertz CT molecular complexity index is 1020. The summed E-state index contributed by atoms with van der Waals surface area (Å²) < 4.78 is 7.56. The van der Waals surface area contributed by atoms with Crippen molar-refractivity contribution in [1.82, 2.24) is 19.7 Å². The fraction of sp³-hybridized carbons (Fsp3) is 0.435. The van der Waals surface area contributed by atoms with Crippen LogP contribution in [0.1, 0.15) is 60.8 Å². The molecule has 1 amide bonds. The van der Waals surface area contributed by atoms with Crippen LogP contribution in [0.2, 0.25) is 0 Å². The first kappa shape index (κ1) is 20.3. The van der Waals surface area contributed by atoms with E-state index in [-0.39, 0.29) is 11.9 Å². The molecule has 1 atom stereocenters. The molecule has 1 N–H and O–H groups in total. The monoisotopic (exact) mass is 408 g/mol. The van der Waals surface area contributed by atoms with Gasteiger partial charge in [-0.05, 0) is 58.2 Å². The average molecular weight is 409 g/mol. The minimum absolute atomic E-state index is 0.00297. The topological polar surface area (TPSA) is 84.4 Å². The average Bonchev–Trinajstić information content (AvgIpc) is 3.37. The standard InChI is InChI=1S/C23H28N4O3/c1-16-21(23(2,3)29)25-20(30-16)15-17-9-6-7-13-26(17)22(28)18-10-4-5-11-19(18)27-14-8-12-24-27/h4-5,8,10-12,14,17,29H,6-7,9,13,15H2,1-3H3. The van der Waals surface area contributed by atoms with Crippen molar-refractivity contribution in [2.24, 2.45) is 0 Å². The maximum Gasteiger partial charge on any atom is 0.256 e. The lowest BCUT2D eigenvalue weighted by atomic mass is 9.97. The second-order valence-corrected chi connectivity index (χ2v) is 8.39. The van der Waals surface area contributed by atoms with Gasteiger partial charge in [-0.15, -0.1) is 0 Å². The van der Waals surface area contributed by atoms with Gasteiger partial charge in [-0.25, -0.2) is 9.67 Å². The Morgan fingerprint density at radius 3 is 2.77 bits per heavy atom. The lowest BCUT2D eigenvalue weighted by Crippen LogP contribution is -2.45. The van der Waals surface area contributed by atoms with E-state index < -0.39 is 5.60 Å². The lowest BCUT2D eigenvalue weighted by Gasteiger charge is -2.35. The maximum absolute atomic E-state index is 13.5. The van der Waals surface area contributed by atoms with Gasteiger partial charge in [0, 0.05) is 31.4 Å². The van der Waals surface area contributed by atoms with Crippen molar-refractivity contribution in [2.75, 3.05) is 6.54 Å². The maximum atomic E-state index is 13.5. The van der Waals surface area contributed by atoms with E-state index in [0.717, 1.165) is 24.9 Å². The molecule has 1 saturated heterocycles. The Hall–Kier alpha value is -2.93. The molecule has 1 aliphatic rings. The Labute approximate surface area is 176 Å². The van der Waals surface area contributed by atoms with Gasteiger partial charge in [-0.2, -0.15) is 5.10 Å². The summed E-state index contributed by atoms with van der Waals surface area (Å²) >= 11 is 0. The fourth-order valence-electron chi connectivity index (χ4n) is 4.21. The van der Waals surface area contributed by atoms with Crippen LogP contribution < -0.4 is 0 Å². The van der Waals surface area contributed by atoms with Crippen molar-refractivity contribution in [3.05, 3.63) is 65.6 Å². The van der Waals surface area contributed by atoms with Crippen LogP contribution in [0.25, 0.3) is 5.69 Å². The number of nitrogens with zero attached hydrogens (tertiary/aromatic N) is 4. The predicted molar refractivity (Wildman–Crippen MR) is 112 cm³/mol. The highest BCUT2D eigenvalue weighted by Crippen LogP contribution is 2.28. The molecule has 1 fully saturated rings. The molecular formula is C23H28N4O3. The summed E-state index contributed by atoms with van der Waals surface area (Å²) in [4.78, 5) is 20.0. The smallest absolute Gasteiger partial charge is 0.256 e. The molecule has 2 aromatic heterocycles. The summed E-state index contributed by atoms with van der Waals surface area (Å²) in [6.07, 6.45) is 7.02. The van der Waals surface area contributed by atoms with Crippen molar-refractivity contribution in [1.29, 1.82) is 0 Å². The van der Waals surface area contributed by atoms with Gasteiger partial charge in [0.1, 0.15) is 17.1 Å². The summed E-state index contributed by atoms with van der Waals surface area (Å²) in [6, 6.07) is 9.40. The second-order valence-electron chi connectivity index (χ2n) is 8.39. The number of aryl methyl sites for hydroxylation is 1. The van der Waals surface area contributed by atoms with Gasteiger partial charge >= 0.3 is 0 Å². The number of likely N-dealkylation sites (tertiary alicyclic amines) is 1. The molecule has 0 bridgehead atoms. The number of rotatable bonds is 5. The van der Waals surface area contributed by atoms with Gasteiger partial charge in [0.05, 0.1) is 11.3 Å². The quantitative estimate of drug-likeness (QED) is 0.697. The Morgan fingerprint density at radius 1 is 1.27 bits per heavy atom. The SMILES string of the molecule is Cc1oc(CC2CCCCN2C(=O)c2ccccc2-n2cccn2)nc1C(C)(C)O. The van der Waals surface area contributed by atoms with E-state index in [0.29, 0.717) is 35.9 Å². The third kappa shape index (κ3) is 4.03. The normalized spacial score (nSPS) is 17.3. The van der Waals surface area contributed by atoms with Crippen LogP contribution in [0, 0.1) is 6.92 Å². The van der Waals surface area contributed by atoms with Crippen molar-refractivity contribution >= 4 is 5.91 Å². The molecule has 1 aliphatic heterocycles. The van der Waals surface area contributed by atoms with Crippen molar-refractivity contribution in [2.45, 2.75) is 58.1 Å². The molecule has 4 rings (SSSR count). The molecule has 0 radical (unpaired) electrons. The number of carbonyl (C=O) groups is 1. The fourth-order valence-corrected chi connectivity index (χ4v) is 4.21. The van der Waals surface area contributed by atoms with Crippen LogP contribution in [0.4, 0.5) is 0 Å². The van der Waals surface area contributed by atoms with Crippen LogP contribution in [0.3, 0.4) is 0 Å². The summed E-state index contributed by atoms with van der Waals surface area (Å²) in [5.74, 6) is 1.18. The number of carbonyl (C=O) groups excluding carboxylic acids is 1. The molecule has 158 valence electrons. The molecule has 3 heterocycles. The third-order valence-electron chi connectivity index (χ3n) is 5.60. The number of hydrogen-bond acceptors (Lipinski definition) is 5. The van der Waals surface area contributed by atoms with Gasteiger partial charge in [0.2, 0.25) is 0 Å². The summed E-state index contributed by atoms with van der Waals surface area (Å²) in [5.41, 5.74) is 0.897. The van der Waals surface area contributed by atoms with Gasteiger partial charge in [-0.3, -0.25) is 4.79 Å². The molecule has 7 nitrogen and oxygen atoms in total. The van der Waals surface area contributed by atoms with Crippen LogP contribution in [0.15, 0.2) is 47.1 Å². The summed E-state index contributed by atoms with van der Waals surface area (Å²) in [5, 5.41) is 14.6. The number of piperidine rings is 1. The molecule has 0 spiro atoms. The van der Waals surface area contributed by atoms with Gasteiger partial charge in [0.25, 0.3) is 5.91 Å². The Balaban J connectivity index is 1.60. The summed E-state index contributed by atoms with van der Waals surface area (Å²) in [6.45, 7) is 5.91. The molecule has 30 heavy (non-hydrogen) atoms. The van der Waals surface area contributed by atoms with E-state index in [9.17, 15) is 9.90 Å². The van der Waals surface area contributed by atoms with Crippen molar-refractivity contribution < 1.29 is 14.3 Å². The van der Waals surface area contributed by atoms with Gasteiger partial charge in [0.15, 0.2) is 5.89 Å². The number of oxazole rings is 1. The number of para-hydroxylation sites is 1. The van der Waals surface area contributed by atoms with Crippen LogP contribution in [0.5, 0.6) is 0 Å². The van der Waals surface area contributed by atoms with E-state index >= 15 is 0 Å². The first-order valence-electron chi connectivity index (χ1n) is 10.4. The number of benzene rings is 1. The highest BCUT2D eigenvalue weighted by Gasteiger charge is 2.32. The Kier molecular flexibility index (Phi) is 5.47. The van der Waals surface area contributed by atoms with E-state index in [4.69, 9.17) is 4.42 Å². The zero-order valence-corrected chi connectivity index (χ0v) is 17.7. The lowest BCUT2D eigenvalue weighted by molar-refractivity contribution is 0.0603. The van der Waals surface area contributed by atoms with E-state index in [2.05, 4.69) is 10.1 Å². The zero-order valence-electron chi connectivity index (χ0n) is 17.7. The highest BCUT2D eigenvalue weighted by molar-refractivity contribution is 5.98. The van der Waals surface area contributed by atoms with Crippen molar-refractivity contribution in [3.63, 3.8) is 0 Å². The van der Waals surface area contributed by atoms with E-state index in [1.54, 1.807) is 24.7 Å². The van der Waals surface area contributed by atoms with E-state index in [1.807, 2.05) is 48.4 Å². The second kappa shape index (κ2) is 8.07. The minimum atomic E-state index is -1.06. The molecule has 7 heteroatoms. The first-order chi connectivity index (χ1) is 14.3. The number of aromatic nitrogens is 3. The summed E-state index contributed by atoms with van der Waals surface area (Å²) in [7, 11) is 0. The van der Waals surface area contributed by atoms with Crippen LogP contribution >= 0.6 is 0 Å². The number of hydrogen-bond donors (Lipinski definition) is 1. The molecular weight excluding hydrogens is 380 g/mol. The van der Waals surface area contributed by atoms with E-state index in [1.165, 1.54) is 0 Å². The molecule has 0 aliphatic carbocycles. The predicted octanol–water partition coefficient (Wildman–Crippen LogP) is 3.63. The Morgan fingerprint density at radius 2 is 2.07 bits per heavy atom. The molecule has 1 unspecified atom stereocenters. The highest BCUT2D eigenvalue weighted by atomic mass is 16.4. The number of aliphatic hydroxyl groups is 1. The van der Waals surface area contributed by atoms with Gasteiger partial charge < -0.3 is 14.4 Å². The van der Waals surface area contributed by atoms with Crippen LogP contribution in [-0.2, 0) is 12.0 Å². The minimum Gasteiger partial charge on any atom is -0.446 e. The first-order valence-corrected chi connectivity index (χ1v) is 10.4. The molecule has 0 saturated carbocycles. The largest absolute Gasteiger partial charge is 0.446 e. The van der Waals surface area contributed by atoms with Crippen molar-refractivity contribution in [3.8, 4) is 5.69 Å². The number of amides is 1. The van der Waals surface area contributed by atoms with Gasteiger partial charge in [-0.1, -0.05) is 12.1 Å². The third-order valence-corrected chi connectivity index (χ3v) is 5.60. The molecule has 3 aromatic rings. The zero-order chi connectivity index (χ0) is 21.3.